The number of halogens is 2. The third-order valence-corrected chi connectivity index (χ3v) is 3.79. The van der Waals surface area contributed by atoms with Gasteiger partial charge in [0, 0.05) is 30.8 Å². The molecule has 0 spiro atoms. The van der Waals surface area contributed by atoms with Gasteiger partial charge in [-0.15, -0.1) is 0 Å². The number of nitrogens with zero attached hydrogens (tertiary/aromatic N) is 2. The summed E-state index contributed by atoms with van der Waals surface area (Å²) in [6.07, 6.45) is 0. The molecule has 0 saturated heterocycles. The highest BCUT2D eigenvalue weighted by molar-refractivity contribution is 5.94. The molecule has 1 aromatic heterocycles. The zero-order valence-corrected chi connectivity index (χ0v) is 16.5. The smallest absolute Gasteiger partial charge is 0.273 e. The molecule has 0 aliphatic rings. The Kier molecular flexibility index (Phi) is 7.25. The van der Waals surface area contributed by atoms with Crippen molar-refractivity contribution < 1.29 is 22.9 Å². The van der Waals surface area contributed by atoms with Crippen molar-refractivity contribution in [3.8, 4) is 0 Å². The summed E-state index contributed by atoms with van der Waals surface area (Å²) in [5.41, 5.74) is 0.0250. The van der Waals surface area contributed by atoms with Gasteiger partial charge in [-0.3, -0.25) is 9.59 Å². The highest BCUT2D eigenvalue weighted by Gasteiger charge is 2.22. The van der Waals surface area contributed by atoms with Crippen LogP contribution in [0.2, 0.25) is 0 Å². The minimum atomic E-state index is -0.823. The van der Waals surface area contributed by atoms with E-state index in [9.17, 15) is 18.4 Å². The number of nitrogens with one attached hydrogen (secondary N) is 1. The number of carbonyl (C=O) groups is 2. The highest BCUT2D eigenvalue weighted by atomic mass is 19.1. The number of hydrogen-bond acceptors (Lipinski definition) is 4. The Labute approximate surface area is 162 Å². The lowest BCUT2D eigenvalue weighted by atomic mass is 10.1. The molecule has 2 amide bonds. The third-order valence-electron chi connectivity index (χ3n) is 3.79. The molecule has 1 heterocycles. The van der Waals surface area contributed by atoms with Crippen molar-refractivity contribution in [2.75, 3.05) is 13.1 Å². The minimum absolute atomic E-state index is 0.0274. The molecule has 0 unspecified atom stereocenters. The van der Waals surface area contributed by atoms with Gasteiger partial charge in [0.15, 0.2) is 11.5 Å². The molecule has 0 atom stereocenters. The van der Waals surface area contributed by atoms with Crippen LogP contribution in [-0.4, -0.2) is 35.0 Å². The first-order valence-electron chi connectivity index (χ1n) is 9.14. The molecule has 6 nitrogen and oxygen atoms in total. The first kappa shape index (κ1) is 21.5. The number of rotatable bonds is 8. The van der Waals surface area contributed by atoms with E-state index in [0.29, 0.717) is 30.8 Å². The Morgan fingerprint density at radius 2 is 1.71 bits per heavy atom. The molecular weight excluding hydrogens is 368 g/mol. The van der Waals surface area contributed by atoms with Crippen LogP contribution in [0, 0.1) is 23.5 Å². The van der Waals surface area contributed by atoms with Crippen molar-refractivity contribution in [1.29, 1.82) is 0 Å². The fraction of sp³-hybridized carbons (Fsp3) is 0.450. The van der Waals surface area contributed by atoms with Crippen molar-refractivity contribution in [2.24, 2.45) is 11.8 Å². The summed E-state index contributed by atoms with van der Waals surface area (Å²) in [5, 5.41) is 6.47. The molecule has 28 heavy (non-hydrogen) atoms. The second kappa shape index (κ2) is 9.43. The van der Waals surface area contributed by atoms with Crippen LogP contribution in [0.4, 0.5) is 8.78 Å². The maximum Gasteiger partial charge on any atom is 0.273 e. The van der Waals surface area contributed by atoms with Gasteiger partial charge in [0.1, 0.15) is 11.6 Å². The molecular formula is C20H25F2N3O3. The van der Waals surface area contributed by atoms with Crippen LogP contribution in [0.5, 0.6) is 0 Å². The van der Waals surface area contributed by atoms with E-state index in [2.05, 4.69) is 10.5 Å². The second-order valence-electron chi connectivity index (χ2n) is 7.52. The molecule has 8 heteroatoms. The number of aromatic nitrogens is 1. The van der Waals surface area contributed by atoms with Crippen LogP contribution in [0.15, 0.2) is 28.8 Å². The predicted octanol–water partition coefficient (Wildman–Crippen LogP) is 3.64. The lowest BCUT2D eigenvalue weighted by Gasteiger charge is -2.23. The zero-order chi connectivity index (χ0) is 20.8. The van der Waals surface area contributed by atoms with Gasteiger partial charge in [-0.2, -0.15) is 0 Å². The second-order valence-corrected chi connectivity index (χ2v) is 7.52. The average molecular weight is 393 g/mol. The maximum atomic E-state index is 13.5. The third kappa shape index (κ3) is 6.14. The molecule has 0 aliphatic carbocycles. The van der Waals surface area contributed by atoms with Crippen molar-refractivity contribution in [3.63, 3.8) is 0 Å². The highest BCUT2D eigenvalue weighted by Crippen LogP contribution is 2.16. The molecule has 0 aliphatic heterocycles. The Balaban J connectivity index is 2.16. The molecule has 0 fully saturated rings. The van der Waals surface area contributed by atoms with Crippen LogP contribution in [0.3, 0.4) is 0 Å². The fourth-order valence-electron chi connectivity index (χ4n) is 2.59. The average Bonchev–Trinajstić information content (AvgIpc) is 3.05. The van der Waals surface area contributed by atoms with Gasteiger partial charge in [-0.1, -0.05) is 32.9 Å². The van der Waals surface area contributed by atoms with Gasteiger partial charge in [0.2, 0.25) is 0 Å². The van der Waals surface area contributed by atoms with Gasteiger partial charge in [-0.05, 0) is 24.0 Å². The Hall–Kier alpha value is -2.77. The van der Waals surface area contributed by atoms with Gasteiger partial charge in [0.05, 0.1) is 6.54 Å². The van der Waals surface area contributed by atoms with E-state index in [-0.39, 0.29) is 29.6 Å². The van der Waals surface area contributed by atoms with E-state index in [0.717, 1.165) is 12.1 Å². The molecule has 0 saturated carbocycles. The first-order chi connectivity index (χ1) is 13.2. The maximum absolute atomic E-state index is 13.5. The Morgan fingerprint density at radius 1 is 1.07 bits per heavy atom. The van der Waals surface area contributed by atoms with Crippen LogP contribution >= 0.6 is 0 Å². The minimum Gasteiger partial charge on any atom is -0.359 e. The van der Waals surface area contributed by atoms with Gasteiger partial charge >= 0.3 is 0 Å². The van der Waals surface area contributed by atoms with Crippen molar-refractivity contribution >= 4 is 11.8 Å². The summed E-state index contributed by atoms with van der Waals surface area (Å²) in [6, 6.07) is 4.15. The largest absolute Gasteiger partial charge is 0.359 e. The number of amides is 2. The predicted molar refractivity (Wildman–Crippen MR) is 99.6 cm³/mol. The summed E-state index contributed by atoms with van der Waals surface area (Å²) in [5.74, 6) is -1.83. The van der Waals surface area contributed by atoms with Crippen molar-refractivity contribution in [2.45, 2.75) is 34.2 Å². The summed E-state index contributed by atoms with van der Waals surface area (Å²) >= 11 is 0. The summed E-state index contributed by atoms with van der Waals surface area (Å²) < 4.78 is 32.1. The van der Waals surface area contributed by atoms with E-state index < -0.39 is 17.5 Å². The van der Waals surface area contributed by atoms with Crippen LogP contribution in [0.25, 0.3) is 0 Å². The standard InChI is InChI=1S/C20H25F2N3O3/c1-12(2)9-23-19(26)18-8-17(28-24-18)11-25(10-13(3)4)20(27)14-5-15(21)7-16(22)6-14/h5-8,12-13H,9-11H2,1-4H3,(H,23,26). The molecule has 0 bridgehead atoms. The summed E-state index contributed by atoms with van der Waals surface area (Å²) in [7, 11) is 0. The van der Waals surface area contributed by atoms with E-state index in [1.807, 2.05) is 27.7 Å². The van der Waals surface area contributed by atoms with Crippen molar-refractivity contribution in [1.82, 2.24) is 15.4 Å². The number of carbonyl (C=O) groups excluding carboxylic acids is 2. The van der Waals surface area contributed by atoms with E-state index in [1.165, 1.54) is 11.0 Å². The number of hydrogen-bond donors (Lipinski definition) is 1. The van der Waals surface area contributed by atoms with Gasteiger partial charge in [0.25, 0.3) is 11.8 Å². The normalized spacial score (nSPS) is 11.1. The first-order valence-corrected chi connectivity index (χ1v) is 9.14. The van der Waals surface area contributed by atoms with Crippen LogP contribution < -0.4 is 5.32 Å². The topological polar surface area (TPSA) is 75.4 Å². The molecule has 2 rings (SSSR count). The molecule has 2 aromatic rings. The Morgan fingerprint density at radius 3 is 2.29 bits per heavy atom. The van der Waals surface area contributed by atoms with E-state index >= 15 is 0 Å². The van der Waals surface area contributed by atoms with E-state index in [1.54, 1.807) is 0 Å². The van der Waals surface area contributed by atoms with Gasteiger partial charge < -0.3 is 14.7 Å². The monoisotopic (exact) mass is 393 g/mol. The van der Waals surface area contributed by atoms with Crippen LogP contribution in [0.1, 0.15) is 54.3 Å². The molecule has 1 N–H and O–H groups in total. The fourth-order valence-corrected chi connectivity index (χ4v) is 2.59. The van der Waals surface area contributed by atoms with Crippen molar-refractivity contribution in [3.05, 3.63) is 52.9 Å². The molecule has 1 aromatic carbocycles. The number of benzene rings is 1. The summed E-state index contributed by atoms with van der Waals surface area (Å²) in [6.45, 7) is 8.64. The molecule has 152 valence electrons. The van der Waals surface area contributed by atoms with E-state index in [4.69, 9.17) is 4.52 Å². The summed E-state index contributed by atoms with van der Waals surface area (Å²) in [4.78, 5) is 26.2. The lowest BCUT2D eigenvalue weighted by Crippen LogP contribution is -2.33. The molecule has 0 radical (unpaired) electrons. The lowest BCUT2D eigenvalue weighted by molar-refractivity contribution is 0.0704. The Bertz CT molecular complexity index is 814. The van der Waals surface area contributed by atoms with Gasteiger partial charge in [-0.25, -0.2) is 8.78 Å². The zero-order valence-electron chi connectivity index (χ0n) is 16.5. The van der Waals surface area contributed by atoms with Crippen LogP contribution in [-0.2, 0) is 6.54 Å². The quantitative estimate of drug-likeness (QED) is 0.743. The SMILES string of the molecule is CC(C)CNC(=O)c1cc(CN(CC(C)C)C(=O)c2cc(F)cc(F)c2)on1.